The van der Waals surface area contributed by atoms with E-state index in [4.69, 9.17) is 16.6 Å². The van der Waals surface area contributed by atoms with Gasteiger partial charge in [-0.25, -0.2) is 4.98 Å². The average Bonchev–Trinajstić information content (AvgIpc) is 2.87. The lowest BCUT2D eigenvalue weighted by Gasteiger charge is -2.08. The Morgan fingerprint density at radius 3 is 2.81 bits per heavy atom. The quantitative estimate of drug-likeness (QED) is 0.732. The Balaban J connectivity index is 2.15. The molecule has 1 aromatic heterocycles. The molecule has 2 nitrogen and oxygen atoms in total. The third-order valence-corrected chi connectivity index (χ3v) is 3.83. The Hall–Kier alpha value is -1.02. The number of halogens is 1. The van der Waals surface area contributed by atoms with Crippen molar-refractivity contribution in [1.82, 2.24) is 9.55 Å². The summed E-state index contributed by atoms with van der Waals surface area (Å²) in [6.45, 7) is 0. The summed E-state index contributed by atoms with van der Waals surface area (Å²) in [6.07, 6.45) is 5.25. The highest BCUT2D eigenvalue weighted by molar-refractivity contribution is 6.31. The van der Waals surface area contributed by atoms with Gasteiger partial charge in [-0.2, -0.15) is 0 Å². The van der Waals surface area contributed by atoms with Gasteiger partial charge < -0.3 is 4.57 Å². The molecule has 84 valence electrons. The number of benzene rings is 1. The molecule has 0 radical (unpaired) electrons. The van der Waals surface area contributed by atoms with Crippen molar-refractivity contribution in [2.75, 3.05) is 0 Å². The zero-order valence-electron chi connectivity index (χ0n) is 9.41. The van der Waals surface area contributed by atoms with E-state index in [-0.39, 0.29) is 0 Å². The Labute approximate surface area is 100 Å². The molecule has 0 saturated heterocycles. The molecule has 0 atom stereocenters. The number of nitrogens with zero attached hydrogens (tertiary/aromatic N) is 2. The molecule has 0 aliphatic heterocycles. The van der Waals surface area contributed by atoms with Gasteiger partial charge in [0.05, 0.1) is 11.0 Å². The Morgan fingerprint density at radius 1 is 1.31 bits per heavy atom. The van der Waals surface area contributed by atoms with E-state index < -0.39 is 0 Å². The summed E-state index contributed by atoms with van der Waals surface area (Å²) in [6, 6.07) is 5.92. The summed E-state index contributed by atoms with van der Waals surface area (Å²) in [5.74, 6) is 1.88. The number of fused-ring (bicyclic) bond motifs is 1. The smallest absolute Gasteiger partial charge is 0.112 e. The maximum atomic E-state index is 6.02. The average molecular weight is 235 g/mol. The third-order valence-electron chi connectivity index (χ3n) is 3.60. The Morgan fingerprint density at radius 2 is 2.06 bits per heavy atom. The van der Waals surface area contributed by atoms with Crippen LogP contribution in [0, 0.1) is 0 Å². The largest absolute Gasteiger partial charge is 0.331 e. The van der Waals surface area contributed by atoms with Crippen LogP contribution in [0.25, 0.3) is 11.0 Å². The molecule has 0 unspecified atom stereocenters. The van der Waals surface area contributed by atoms with E-state index in [1.165, 1.54) is 31.5 Å². The van der Waals surface area contributed by atoms with Crippen LogP contribution in [0.1, 0.15) is 37.4 Å². The number of hydrogen-bond acceptors (Lipinski definition) is 1. The van der Waals surface area contributed by atoms with E-state index in [0.717, 1.165) is 16.1 Å². The summed E-state index contributed by atoms with van der Waals surface area (Å²) in [5.41, 5.74) is 2.21. The molecule has 0 amide bonds. The summed E-state index contributed by atoms with van der Waals surface area (Å²) in [7, 11) is 2.10. The van der Waals surface area contributed by atoms with Gasteiger partial charge in [0.1, 0.15) is 5.82 Å². The van der Waals surface area contributed by atoms with Crippen LogP contribution in [0.5, 0.6) is 0 Å². The highest BCUT2D eigenvalue weighted by Gasteiger charge is 2.22. The minimum absolute atomic E-state index is 0.649. The fourth-order valence-corrected chi connectivity index (χ4v) is 2.90. The van der Waals surface area contributed by atoms with Crippen LogP contribution in [0.15, 0.2) is 18.2 Å². The van der Waals surface area contributed by atoms with Crippen LogP contribution in [-0.4, -0.2) is 9.55 Å². The molecule has 1 fully saturated rings. The number of aromatic nitrogens is 2. The molecule has 3 rings (SSSR count). The molecule has 0 bridgehead atoms. The first-order valence-electron chi connectivity index (χ1n) is 5.87. The molecular weight excluding hydrogens is 220 g/mol. The van der Waals surface area contributed by atoms with Gasteiger partial charge in [-0.3, -0.25) is 0 Å². The van der Waals surface area contributed by atoms with Crippen molar-refractivity contribution in [3.8, 4) is 0 Å². The van der Waals surface area contributed by atoms with Gasteiger partial charge in [0.2, 0.25) is 0 Å². The monoisotopic (exact) mass is 234 g/mol. The first-order chi connectivity index (χ1) is 7.75. The predicted octanol–water partition coefficient (Wildman–Crippen LogP) is 3.88. The van der Waals surface area contributed by atoms with E-state index >= 15 is 0 Å². The van der Waals surface area contributed by atoms with Gasteiger partial charge in [-0.05, 0) is 31.0 Å². The fourth-order valence-electron chi connectivity index (χ4n) is 2.73. The van der Waals surface area contributed by atoms with Crippen molar-refractivity contribution in [2.24, 2.45) is 7.05 Å². The molecule has 3 heteroatoms. The number of rotatable bonds is 1. The standard InChI is InChI=1S/C13H15ClN2/c1-16-12-8-10(14)6-7-11(12)15-13(16)9-4-2-3-5-9/h6-9H,2-5H2,1H3. The lowest BCUT2D eigenvalue weighted by Crippen LogP contribution is -2.02. The molecule has 2 aromatic rings. The molecule has 1 heterocycles. The lowest BCUT2D eigenvalue weighted by molar-refractivity contribution is 0.639. The van der Waals surface area contributed by atoms with Crippen LogP contribution >= 0.6 is 11.6 Å². The van der Waals surface area contributed by atoms with Crippen molar-refractivity contribution in [2.45, 2.75) is 31.6 Å². The summed E-state index contributed by atoms with van der Waals surface area (Å²) < 4.78 is 2.21. The van der Waals surface area contributed by atoms with Crippen LogP contribution in [0.4, 0.5) is 0 Å². The first kappa shape index (κ1) is 10.2. The number of imidazole rings is 1. The first-order valence-corrected chi connectivity index (χ1v) is 6.25. The lowest BCUT2D eigenvalue weighted by atomic mass is 10.1. The topological polar surface area (TPSA) is 17.8 Å². The maximum absolute atomic E-state index is 6.02. The van der Waals surface area contributed by atoms with Crippen LogP contribution in [0.3, 0.4) is 0 Å². The third kappa shape index (κ3) is 1.52. The maximum Gasteiger partial charge on any atom is 0.112 e. The molecule has 0 spiro atoms. The molecule has 0 N–H and O–H groups in total. The zero-order chi connectivity index (χ0) is 11.1. The van der Waals surface area contributed by atoms with Crippen LogP contribution in [0.2, 0.25) is 5.02 Å². The van der Waals surface area contributed by atoms with E-state index in [9.17, 15) is 0 Å². The highest BCUT2D eigenvalue weighted by atomic mass is 35.5. The van der Waals surface area contributed by atoms with Crippen LogP contribution < -0.4 is 0 Å². The van der Waals surface area contributed by atoms with Gasteiger partial charge in [-0.15, -0.1) is 0 Å². The van der Waals surface area contributed by atoms with Gasteiger partial charge in [0.15, 0.2) is 0 Å². The highest BCUT2D eigenvalue weighted by Crippen LogP contribution is 2.34. The van der Waals surface area contributed by atoms with E-state index in [2.05, 4.69) is 11.6 Å². The Bertz CT molecular complexity index is 524. The fraction of sp³-hybridized carbons (Fsp3) is 0.462. The SMILES string of the molecule is Cn1c(C2CCCC2)nc2ccc(Cl)cc21. The van der Waals surface area contributed by atoms with Gasteiger partial charge in [0.25, 0.3) is 0 Å². The predicted molar refractivity (Wildman–Crippen MR) is 66.9 cm³/mol. The minimum atomic E-state index is 0.649. The summed E-state index contributed by atoms with van der Waals surface area (Å²) in [4.78, 5) is 4.74. The van der Waals surface area contributed by atoms with E-state index in [1.807, 2.05) is 18.2 Å². The second-order valence-corrected chi connectivity index (χ2v) is 5.08. The van der Waals surface area contributed by atoms with Crippen molar-refractivity contribution >= 4 is 22.6 Å². The molecule has 16 heavy (non-hydrogen) atoms. The number of hydrogen-bond donors (Lipinski definition) is 0. The van der Waals surface area contributed by atoms with Crippen molar-refractivity contribution in [3.05, 3.63) is 29.0 Å². The van der Waals surface area contributed by atoms with Crippen molar-refractivity contribution < 1.29 is 0 Å². The van der Waals surface area contributed by atoms with Crippen molar-refractivity contribution in [1.29, 1.82) is 0 Å². The summed E-state index contributed by atoms with van der Waals surface area (Å²) in [5, 5.41) is 0.786. The van der Waals surface area contributed by atoms with Gasteiger partial charge >= 0.3 is 0 Å². The van der Waals surface area contributed by atoms with Crippen LogP contribution in [-0.2, 0) is 7.05 Å². The Kier molecular flexibility index (Phi) is 2.40. The zero-order valence-corrected chi connectivity index (χ0v) is 10.2. The van der Waals surface area contributed by atoms with E-state index in [0.29, 0.717) is 5.92 Å². The van der Waals surface area contributed by atoms with Gasteiger partial charge in [-0.1, -0.05) is 24.4 Å². The molecule has 1 saturated carbocycles. The van der Waals surface area contributed by atoms with Gasteiger partial charge in [0, 0.05) is 18.0 Å². The molecule has 1 aromatic carbocycles. The normalized spacial score (nSPS) is 17.4. The second kappa shape index (κ2) is 3.77. The summed E-state index contributed by atoms with van der Waals surface area (Å²) >= 11 is 6.02. The van der Waals surface area contributed by atoms with E-state index in [1.54, 1.807) is 0 Å². The van der Waals surface area contributed by atoms with Crippen molar-refractivity contribution in [3.63, 3.8) is 0 Å². The molecule has 1 aliphatic carbocycles. The molecule has 1 aliphatic rings. The second-order valence-electron chi connectivity index (χ2n) is 4.64. The minimum Gasteiger partial charge on any atom is -0.331 e. The molecular formula is C13H15ClN2. The number of aryl methyl sites for hydroxylation is 1.